The van der Waals surface area contributed by atoms with Crippen molar-refractivity contribution in [1.82, 2.24) is 19.7 Å². The van der Waals surface area contributed by atoms with Crippen LogP contribution in [0.4, 0.5) is 4.39 Å². The molecule has 1 N–H and O–H groups in total. The summed E-state index contributed by atoms with van der Waals surface area (Å²) in [4.78, 5) is 25.2. The summed E-state index contributed by atoms with van der Waals surface area (Å²) in [5.74, 6) is -0.567. The van der Waals surface area contributed by atoms with Gasteiger partial charge in [-0.15, -0.1) is 0 Å². The molecule has 27 heavy (non-hydrogen) atoms. The fourth-order valence-corrected chi connectivity index (χ4v) is 3.45. The third-order valence-electron chi connectivity index (χ3n) is 4.61. The molecule has 0 saturated carbocycles. The van der Waals surface area contributed by atoms with Crippen LogP contribution in [-0.4, -0.2) is 40.5 Å². The Morgan fingerprint density at radius 2 is 2.30 bits per heavy atom. The topological polar surface area (TPSA) is 78.2 Å². The van der Waals surface area contributed by atoms with Gasteiger partial charge in [-0.3, -0.25) is 9.36 Å². The second-order valence-electron chi connectivity index (χ2n) is 6.52. The average molecular weight is 397 g/mol. The number of methoxy groups -OCH3 is 1. The smallest absolute Gasteiger partial charge is 0.346 e. The number of benzene rings is 1. The summed E-state index contributed by atoms with van der Waals surface area (Å²) in [7, 11) is 1.61. The Morgan fingerprint density at radius 1 is 1.48 bits per heavy atom. The summed E-state index contributed by atoms with van der Waals surface area (Å²) in [6.45, 7) is 1.74. The molecule has 146 valence electrons. The third kappa shape index (κ3) is 4.39. The summed E-state index contributed by atoms with van der Waals surface area (Å²) < 4.78 is 21.0. The standard InChI is InChI=1S/C18H22ClFN4O3/c1-27-9-3-7-21-17(25)14-4-2-8-23-16(14)22-24(18(23)26)11-12-5-6-13(20)10-15(12)19/h5-6,10,14H,2-4,7-9,11H2,1H3,(H,21,25). The maximum absolute atomic E-state index is 13.2. The van der Waals surface area contributed by atoms with E-state index in [1.807, 2.05) is 0 Å². The van der Waals surface area contributed by atoms with Crippen molar-refractivity contribution in [2.24, 2.45) is 0 Å². The van der Waals surface area contributed by atoms with Gasteiger partial charge in [0.2, 0.25) is 5.91 Å². The number of aromatic nitrogens is 3. The van der Waals surface area contributed by atoms with Gasteiger partial charge in [0.15, 0.2) is 0 Å². The molecule has 1 unspecified atom stereocenters. The van der Waals surface area contributed by atoms with E-state index >= 15 is 0 Å². The maximum Gasteiger partial charge on any atom is 0.346 e. The van der Waals surface area contributed by atoms with Crippen molar-refractivity contribution in [1.29, 1.82) is 0 Å². The normalized spacial score (nSPS) is 16.2. The number of carbonyl (C=O) groups excluding carboxylic acids is 1. The number of hydrogen-bond acceptors (Lipinski definition) is 4. The van der Waals surface area contributed by atoms with Gasteiger partial charge in [-0.25, -0.2) is 13.9 Å². The Kier molecular flexibility index (Phi) is 6.28. The number of ether oxygens (including phenoxy) is 1. The van der Waals surface area contributed by atoms with Gasteiger partial charge in [-0.05, 0) is 37.0 Å². The third-order valence-corrected chi connectivity index (χ3v) is 4.97. The highest BCUT2D eigenvalue weighted by Crippen LogP contribution is 2.25. The Labute approximate surface area is 161 Å². The van der Waals surface area contributed by atoms with Crippen molar-refractivity contribution in [2.45, 2.75) is 38.3 Å². The van der Waals surface area contributed by atoms with Crippen LogP contribution < -0.4 is 11.0 Å². The number of fused-ring (bicyclic) bond motifs is 1. The van der Waals surface area contributed by atoms with Crippen LogP contribution in [0.5, 0.6) is 0 Å². The predicted octanol–water partition coefficient (Wildman–Crippen LogP) is 1.92. The lowest BCUT2D eigenvalue weighted by Gasteiger charge is -2.21. The molecule has 1 aliphatic heterocycles. The van der Waals surface area contributed by atoms with Crippen LogP contribution in [0.25, 0.3) is 0 Å². The summed E-state index contributed by atoms with van der Waals surface area (Å²) in [6, 6.07) is 4.02. The largest absolute Gasteiger partial charge is 0.385 e. The monoisotopic (exact) mass is 396 g/mol. The second-order valence-corrected chi connectivity index (χ2v) is 6.93. The van der Waals surface area contributed by atoms with Crippen molar-refractivity contribution in [3.8, 4) is 0 Å². The number of halogens is 2. The van der Waals surface area contributed by atoms with E-state index < -0.39 is 11.7 Å². The number of nitrogens with one attached hydrogen (secondary N) is 1. The zero-order chi connectivity index (χ0) is 19.4. The van der Waals surface area contributed by atoms with Gasteiger partial charge in [0, 0.05) is 31.8 Å². The number of rotatable bonds is 7. The molecule has 2 aromatic rings. The van der Waals surface area contributed by atoms with Gasteiger partial charge in [0.1, 0.15) is 11.6 Å². The molecule has 0 saturated heterocycles. The zero-order valence-corrected chi connectivity index (χ0v) is 15.8. The van der Waals surface area contributed by atoms with Gasteiger partial charge in [0.05, 0.1) is 12.5 Å². The van der Waals surface area contributed by atoms with Crippen LogP contribution >= 0.6 is 11.6 Å². The van der Waals surface area contributed by atoms with E-state index in [1.165, 1.54) is 22.9 Å². The number of carbonyl (C=O) groups is 1. The lowest BCUT2D eigenvalue weighted by Crippen LogP contribution is -2.35. The van der Waals surface area contributed by atoms with E-state index in [-0.39, 0.29) is 23.2 Å². The van der Waals surface area contributed by atoms with Crippen molar-refractivity contribution >= 4 is 17.5 Å². The molecule has 0 radical (unpaired) electrons. The van der Waals surface area contributed by atoms with Crippen molar-refractivity contribution in [3.05, 3.63) is 50.9 Å². The predicted molar refractivity (Wildman–Crippen MR) is 98.5 cm³/mol. The average Bonchev–Trinajstić information content (AvgIpc) is 2.97. The minimum atomic E-state index is -0.459. The molecule has 1 atom stereocenters. The molecule has 0 bridgehead atoms. The minimum absolute atomic E-state index is 0.125. The van der Waals surface area contributed by atoms with E-state index in [1.54, 1.807) is 11.7 Å². The highest BCUT2D eigenvalue weighted by Gasteiger charge is 2.31. The molecule has 1 aliphatic rings. The number of amides is 1. The van der Waals surface area contributed by atoms with E-state index in [9.17, 15) is 14.0 Å². The molecule has 0 aliphatic carbocycles. The van der Waals surface area contributed by atoms with Crippen molar-refractivity contribution in [2.75, 3.05) is 20.3 Å². The van der Waals surface area contributed by atoms with Crippen LogP contribution in [0.15, 0.2) is 23.0 Å². The first-order valence-corrected chi connectivity index (χ1v) is 9.27. The Bertz CT molecular complexity index is 880. The highest BCUT2D eigenvalue weighted by atomic mass is 35.5. The zero-order valence-electron chi connectivity index (χ0n) is 15.1. The van der Waals surface area contributed by atoms with E-state index in [4.69, 9.17) is 16.3 Å². The lowest BCUT2D eigenvalue weighted by atomic mass is 9.98. The first-order chi connectivity index (χ1) is 13.0. The first kappa shape index (κ1) is 19.6. The summed E-state index contributed by atoms with van der Waals surface area (Å²) in [5.41, 5.74) is 0.304. The number of hydrogen-bond donors (Lipinski definition) is 1. The molecule has 0 spiro atoms. The van der Waals surface area contributed by atoms with Crippen molar-refractivity contribution < 1.29 is 13.9 Å². The van der Waals surface area contributed by atoms with Gasteiger partial charge >= 0.3 is 5.69 Å². The Morgan fingerprint density at radius 3 is 3.04 bits per heavy atom. The lowest BCUT2D eigenvalue weighted by molar-refractivity contribution is -0.123. The van der Waals surface area contributed by atoms with E-state index in [0.717, 1.165) is 12.8 Å². The first-order valence-electron chi connectivity index (χ1n) is 8.89. The minimum Gasteiger partial charge on any atom is -0.385 e. The van der Waals surface area contributed by atoms with Gasteiger partial charge in [-0.1, -0.05) is 17.7 Å². The molecule has 3 rings (SSSR count). The Balaban J connectivity index is 1.79. The van der Waals surface area contributed by atoms with Crippen LogP contribution in [0, 0.1) is 5.82 Å². The van der Waals surface area contributed by atoms with Crippen molar-refractivity contribution in [3.63, 3.8) is 0 Å². The molecular formula is C18H22ClFN4O3. The van der Waals surface area contributed by atoms with E-state index in [2.05, 4.69) is 10.4 Å². The quantitative estimate of drug-likeness (QED) is 0.725. The highest BCUT2D eigenvalue weighted by molar-refractivity contribution is 6.31. The molecule has 9 heteroatoms. The molecule has 2 heterocycles. The SMILES string of the molecule is COCCCNC(=O)C1CCCn2c1nn(Cc1ccc(F)cc1Cl)c2=O. The fraction of sp³-hybridized carbons (Fsp3) is 0.500. The molecule has 1 amide bonds. The summed E-state index contributed by atoms with van der Waals surface area (Å²) in [5, 5.41) is 7.50. The molecule has 1 aromatic heterocycles. The molecule has 1 aromatic carbocycles. The van der Waals surface area contributed by atoms with Gasteiger partial charge in [0.25, 0.3) is 0 Å². The summed E-state index contributed by atoms with van der Waals surface area (Å²) in [6.07, 6.45) is 2.09. The van der Waals surface area contributed by atoms with Gasteiger partial charge < -0.3 is 10.1 Å². The molecule has 7 nitrogen and oxygen atoms in total. The maximum atomic E-state index is 13.2. The van der Waals surface area contributed by atoms with E-state index in [0.29, 0.717) is 37.5 Å². The van der Waals surface area contributed by atoms with Crippen LogP contribution in [-0.2, 0) is 22.6 Å². The Hall–Kier alpha value is -2.19. The molecule has 0 fully saturated rings. The number of nitrogens with zero attached hydrogens (tertiary/aromatic N) is 3. The summed E-state index contributed by atoms with van der Waals surface area (Å²) >= 11 is 6.06. The van der Waals surface area contributed by atoms with Gasteiger partial charge in [-0.2, -0.15) is 5.10 Å². The van der Waals surface area contributed by atoms with Crippen LogP contribution in [0.2, 0.25) is 5.02 Å². The van der Waals surface area contributed by atoms with Crippen LogP contribution in [0.1, 0.15) is 36.6 Å². The fourth-order valence-electron chi connectivity index (χ4n) is 3.22. The second kappa shape index (κ2) is 8.67. The van der Waals surface area contributed by atoms with Crippen LogP contribution in [0.3, 0.4) is 0 Å². The molecular weight excluding hydrogens is 375 g/mol.